The third kappa shape index (κ3) is 4.09. The Morgan fingerprint density at radius 3 is 2.10 bits per heavy atom. The Morgan fingerprint density at radius 1 is 0.967 bits per heavy atom. The summed E-state index contributed by atoms with van der Waals surface area (Å²) in [6.45, 7) is 0.281. The van der Waals surface area contributed by atoms with Gasteiger partial charge >= 0.3 is 0 Å². The van der Waals surface area contributed by atoms with Gasteiger partial charge in [-0.2, -0.15) is 0 Å². The van der Waals surface area contributed by atoms with E-state index in [9.17, 15) is 22.6 Å². The average Bonchev–Trinajstić information content (AvgIpc) is 2.96. The molecule has 30 heavy (non-hydrogen) atoms. The number of amides is 2. The molecule has 0 unspecified atom stereocenters. The zero-order chi connectivity index (χ0) is 22.2. The molecule has 0 N–H and O–H groups in total. The maximum Gasteiger partial charge on any atom is 0.265 e. The molecule has 0 aromatic heterocycles. The van der Waals surface area contributed by atoms with Crippen LogP contribution in [0.2, 0.25) is 0 Å². The lowest BCUT2D eigenvalue weighted by Gasteiger charge is -2.31. The maximum absolute atomic E-state index is 12.5. The molecular formula is C19H21N4O5S2-. The van der Waals surface area contributed by atoms with Crippen molar-refractivity contribution < 1.29 is 22.6 Å². The Kier molecular flexibility index (Phi) is 5.97. The summed E-state index contributed by atoms with van der Waals surface area (Å²) in [6, 6.07) is 7.50. The van der Waals surface area contributed by atoms with E-state index in [1.807, 2.05) is 41.1 Å². The molecule has 0 spiro atoms. The number of rotatable bonds is 5. The first kappa shape index (κ1) is 21.9. The quantitative estimate of drug-likeness (QED) is 0.282. The van der Waals surface area contributed by atoms with Crippen molar-refractivity contribution in [3.8, 4) is 0 Å². The van der Waals surface area contributed by atoms with Crippen molar-refractivity contribution in [2.45, 2.75) is 6.42 Å². The van der Waals surface area contributed by atoms with Gasteiger partial charge in [-0.1, -0.05) is 12.1 Å². The van der Waals surface area contributed by atoms with E-state index in [4.69, 9.17) is 12.2 Å². The van der Waals surface area contributed by atoms with Crippen LogP contribution in [0.3, 0.4) is 0 Å². The molecule has 1 fully saturated rings. The molecule has 2 aliphatic heterocycles. The molecule has 11 heteroatoms. The minimum absolute atomic E-state index is 0.0347. The Morgan fingerprint density at radius 2 is 1.53 bits per heavy atom. The maximum atomic E-state index is 12.5. The average molecular weight is 450 g/mol. The number of carbonyl (C=O) groups excluding carboxylic acids is 2. The van der Waals surface area contributed by atoms with Crippen molar-refractivity contribution in [1.82, 2.24) is 9.80 Å². The lowest BCUT2D eigenvalue weighted by molar-refractivity contribution is -0.132. The molecule has 0 aliphatic carbocycles. The number of para-hydroxylation sites is 2. The second-order valence-corrected chi connectivity index (χ2v) is 8.82. The molecule has 9 nitrogen and oxygen atoms in total. The molecule has 0 bridgehead atoms. The van der Waals surface area contributed by atoms with Crippen molar-refractivity contribution in [1.29, 1.82) is 0 Å². The van der Waals surface area contributed by atoms with Gasteiger partial charge in [0.1, 0.15) is 11.4 Å². The molecule has 2 amide bonds. The SMILES string of the molecule is CN1C(=O)C(=CC=C2N(C)c3ccccc3N2CCCS(=O)(=O)[O-])C(=O)N(C)C1=S. The van der Waals surface area contributed by atoms with Gasteiger partial charge in [0.15, 0.2) is 5.11 Å². The number of nitrogens with zero attached hydrogens (tertiary/aromatic N) is 4. The van der Waals surface area contributed by atoms with E-state index in [-0.39, 0.29) is 23.7 Å². The van der Waals surface area contributed by atoms with Gasteiger partial charge in [-0.3, -0.25) is 19.4 Å². The first-order valence-corrected chi connectivity index (χ1v) is 11.1. The van der Waals surface area contributed by atoms with Gasteiger partial charge < -0.3 is 14.4 Å². The molecule has 0 atom stereocenters. The molecule has 160 valence electrons. The summed E-state index contributed by atoms with van der Waals surface area (Å²) in [7, 11) is 0.508. The van der Waals surface area contributed by atoms with Crippen LogP contribution in [0.1, 0.15) is 6.42 Å². The fourth-order valence-electron chi connectivity index (χ4n) is 3.39. The van der Waals surface area contributed by atoms with Gasteiger partial charge in [-0.05, 0) is 42.9 Å². The summed E-state index contributed by atoms with van der Waals surface area (Å²) in [5, 5.41) is 0.126. The molecule has 3 rings (SSSR count). The van der Waals surface area contributed by atoms with Crippen molar-refractivity contribution in [3.05, 3.63) is 47.8 Å². The molecule has 2 aliphatic rings. The fourth-order valence-corrected chi connectivity index (χ4v) is 4.04. The van der Waals surface area contributed by atoms with E-state index in [1.165, 1.54) is 30.0 Å². The predicted octanol–water partition coefficient (Wildman–Crippen LogP) is 0.861. The highest BCUT2D eigenvalue weighted by atomic mass is 32.2. The first-order chi connectivity index (χ1) is 14.0. The summed E-state index contributed by atoms with van der Waals surface area (Å²) in [5.74, 6) is -0.830. The zero-order valence-electron chi connectivity index (χ0n) is 16.7. The topological polar surface area (TPSA) is 104 Å². The van der Waals surface area contributed by atoms with Gasteiger partial charge in [0, 0.05) is 33.4 Å². The highest BCUT2D eigenvalue weighted by Crippen LogP contribution is 2.40. The van der Waals surface area contributed by atoms with E-state index in [0.29, 0.717) is 5.82 Å². The number of fused-ring (bicyclic) bond motifs is 1. The molecule has 1 aromatic carbocycles. The summed E-state index contributed by atoms with van der Waals surface area (Å²) in [5.41, 5.74) is 1.68. The number of thiocarbonyl (C=S) groups is 1. The largest absolute Gasteiger partial charge is 0.748 e. The van der Waals surface area contributed by atoms with Crippen molar-refractivity contribution in [3.63, 3.8) is 0 Å². The van der Waals surface area contributed by atoms with E-state index in [2.05, 4.69) is 0 Å². The molecule has 2 heterocycles. The van der Waals surface area contributed by atoms with Gasteiger partial charge in [0.2, 0.25) is 0 Å². The number of likely N-dealkylation sites (N-methyl/N-ethyl adjacent to an activating group) is 2. The van der Waals surface area contributed by atoms with E-state index in [1.54, 1.807) is 6.08 Å². The summed E-state index contributed by atoms with van der Waals surface area (Å²) >= 11 is 5.09. The van der Waals surface area contributed by atoms with Crippen LogP contribution < -0.4 is 9.80 Å². The lowest BCUT2D eigenvalue weighted by atomic mass is 10.1. The van der Waals surface area contributed by atoms with Gasteiger partial charge in [-0.15, -0.1) is 0 Å². The normalized spacial score (nSPS) is 18.6. The number of allylic oxidation sites excluding steroid dienone is 2. The minimum atomic E-state index is -4.32. The summed E-state index contributed by atoms with van der Waals surface area (Å²) in [4.78, 5) is 31.2. The zero-order valence-corrected chi connectivity index (χ0v) is 18.4. The predicted molar refractivity (Wildman–Crippen MR) is 116 cm³/mol. The van der Waals surface area contributed by atoms with Gasteiger partial charge in [-0.25, -0.2) is 8.42 Å². The molecule has 0 radical (unpaired) electrons. The number of hydrogen-bond donors (Lipinski definition) is 0. The van der Waals surface area contributed by atoms with Crippen LogP contribution in [-0.2, 0) is 19.7 Å². The number of anilines is 2. The van der Waals surface area contributed by atoms with E-state index >= 15 is 0 Å². The van der Waals surface area contributed by atoms with Crippen LogP contribution in [0, 0.1) is 0 Å². The first-order valence-electron chi connectivity index (χ1n) is 9.09. The van der Waals surface area contributed by atoms with E-state index < -0.39 is 27.7 Å². The van der Waals surface area contributed by atoms with E-state index in [0.717, 1.165) is 11.4 Å². The molecule has 0 saturated carbocycles. The summed E-state index contributed by atoms with van der Waals surface area (Å²) < 4.78 is 33.0. The van der Waals surface area contributed by atoms with Gasteiger partial charge in [0.25, 0.3) is 11.8 Å². The van der Waals surface area contributed by atoms with Crippen LogP contribution in [-0.4, -0.2) is 73.1 Å². The number of carbonyl (C=O) groups is 2. The Bertz CT molecular complexity index is 1050. The second kappa shape index (κ2) is 8.17. The highest BCUT2D eigenvalue weighted by Gasteiger charge is 2.35. The second-order valence-electron chi connectivity index (χ2n) is 6.93. The Hall–Kier alpha value is -2.76. The standard InChI is InChI=1S/C19H22N4O5S2/c1-20-14-7-4-5-8-15(14)23(11-6-12-30(26,27)28)16(20)10-9-13-17(24)21(2)19(29)22(3)18(13)25/h4-5,7-10H,6,11-12H2,1-3H3,(H,26,27,28)/p-1. The Labute approximate surface area is 180 Å². The summed E-state index contributed by atoms with van der Waals surface area (Å²) in [6.07, 6.45) is 3.21. The van der Waals surface area contributed by atoms with Crippen LogP contribution >= 0.6 is 12.2 Å². The third-order valence-corrected chi connectivity index (χ3v) is 6.31. The monoisotopic (exact) mass is 449 g/mol. The minimum Gasteiger partial charge on any atom is -0.748 e. The number of benzene rings is 1. The Balaban J connectivity index is 1.96. The lowest BCUT2D eigenvalue weighted by Crippen LogP contribution is -2.52. The van der Waals surface area contributed by atoms with Gasteiger partial charge in [0.05, 0.1) is 21.5 Å². The smallest absolute Gasteiger partial charge is 0.265 e. The van der Waals surface area contributed by atoms with Crippen LogP contribution in [0.5, 0.6) is 0 Å². The van der Waals surface area contributed by atoms with Crippen molar-refractivity contribution in [2.24, 2.45) is 0 Å². The number of hydrogen-bond acceptors (Lipinski definition) is 8. The molecule has 1 aromatic rings. The molecular weight excluding hydrogens is 428 g/mol. The van der Waals surface area contributed by atoms with Crippen molar-refractivity contribution in [2.75, 3.05) is 43.2 Å². The van der Waals surface area contributed by atoms with Crippen molar-refractivity contribution >= 4 is 50.6 Å². The fraction of sp³-hybridized carbons (Fsp3) is 0.316. The molecule has 1 saturated heterocycles. The third-order valence-electron chi connectivity index (χ3n) is 4.97. The van der Waals surface area contributed by atoms with Crippen LogP contribution in [0.4, 0.5) is 11.4 Å². The van der Waals surface area contributed by atoms with Crippen LogP contribution in [0.25, 0.3) is 0 Å². The van der Waals surface area contributed by atoms with Crippen LogP contribution in [0.15, 0.2) is 47.8 Å². The highest BCUT2D eigenvalue weighted by molar-refractivity contribution is 7.85.